The summed E-state index contributed by atoms with van der Waals surface area (Å²) in [5.74, 6) is -1.29. The quantitative estimate of drug-likeness (QED) is 0.748. The van der Waals surface area contributed by atoms with Crippen LogP contribution >= 0.6 is 0 Å². The standard InChI is InChI=1S/C12H14FN3O/c1-3-16(8-9(2)7-14)12(17)10-5-4-6-11(13)15-10/h4-6,9H,3,8H2,1-2H3. The van der Waals surface area contributed by atoms with Crippen LogP contribution in [0, 0.1) is 23.2 Å². The van der Waals surface area contributed by atoms with Gasteiger partial charge in [-0.15, -0.1) is 0 Å². The van der Waals surface area contributed by atoms with Crippen molar-refractivity contribution >= 4 is 5.91 Å². The minimum atomic E-state index is -0.680. The number of carbonyl (C=O) groups excluding carboxylic acids is 1. The van der Waals surface area contributed by atoms with Gasteiger partial charge in [-0.05, 0) is 26.0 Å². The Kier molecular flexibility index (Phi) is 4.58. The Bertz CT molecular complexity index is 442. The first-order valence-electron chi connectivity index (χ1n) is 5.40. The summed E-state index contributed by atoms with van der Waals surface area (Å²) in [4.78, 5) is 17.0. The first kappa shape index (κ1) is 13.1. The molecule has 0 radical (unpaired) electrons. The van der Waals surface area contributed by atoms with Crippen molar-refractivity contribution in [3.05, 3.63) is 29.8 Å². The summed E-state index contributed by atoms with van der Waals surface area (Å²) < 4.78 is 12.9. The molecule has 1 heterocycles. The SMILES string of the molecule is CCN(CC(C)C#N)C(=O)c1cccc(F)n1. The van der Waals surface area contributed by atoms with Gasteiger partial charge in [0.15, 0.2) is 0 Å². The predicted octanol–water partition coefficient (Wildman–Crippen LogP) is 1.84. The summed E-state index contributed by atoms with van der Waals surface area (Å²) >= 11 is 0. The first-order valence-corrected chi connectivity index (χ1v) is 5.40. The molecule has 1 aromatic heterocycles. The molecule has 17 heavy (non-hydrogen) atoms. The maximum Gasteiger partial charge on any atom is 0.272 e. The number of hydrogen-bond acceptors (Lipinski definition) is 3. The number of pyridine rings is 1. The van der Waals surface area contributed by atoms with Crippen LogP contribution in [0.3, 0.4) is 0 Å². The molecule has 1 unspecified atom stereocenters. The van der Waals surface area contributed by atoms with E-state index in [1.54, 1.807) is 13.8 Å². The van der Waals surface area contributed by atoms with Gasteiger partial charge in [0.1, 0.15) is 5.69 Å². The maximum atomic E-state index is 12.9. The Morgan fingerprint density at radius 2 is 2.35 bits per heavy atom. The average Bonchev–Trinajstić information content (AvgIpc) is 2.34. The van der Waals surface area contributed by atoms with Gasteiger partial charge in [0, 0.05) is 13.1 Å². The molecule has 1 amide bonds. The molecule has 0 aliphatic carbocycles. The van der Waals surface area contributed by atoms with E-state index in [1.807, 2.05) is 0 Å². The first-order chi connectivity index (χ1) is 8.08. The average molecular weight is 235 g/mol. The van der Waals surface area contributed by atoms with Crippen molar-refractivity contribution in [2.45, 2.75) is 13.8 Å². The van der Waals surface area contributed by atoms with Crippen LogP contribution in [0.4, 0.5) is 4.39 Å². The Balaban J connectivity index is 2.83. The molecule has 0 N–H and O–H groups in total. The summed E-state index contributed by atoms with van der Waals surface area (Å²) in [7, 11) is 0. The lowest BCUT2D eigenvalue weighted by Gasteiger charge is -2.21. The molecule has 0 saturated carbocycles. The fourth-order valence-electron chi connectivity index (χ4n) is 1.42. The summed E-state index contributed by atoms with van der Waals surface area (Å²) in [6.07, 6.45) is 0. The van der Waals surface area contributed by atoms with E-state index in [0.29, 0.717) is 13.1 Å². The second kappa shape index (κ2) is 5.94. The number of hydrogen-bond donors (Lipinski definition) is 0. The van der Waals surface area contributed by atoms with E-state index in [9.17, 15) is 9.18 Å². The highest BCUT2D eigenvalue weighted by Crippen LogP contribution is 2.06. The highest BCUT2D eigenvalue weighted by molar-refractivity contribution is 5.92. The second-order valence-corrected chi connectivity index (χ2v) is 3.72. The maximum absolute atomic E-state index is 12.9. The minimum Gasteiger partial charge on any atom is -0.336 e. The Morgan fingerprint density at radius 3 is 2.88 bits per heavy atom. The predicted molar refractivity (Wildman–Crippen MR) is 60.5 cm³/mol. The topological polar surface area (TPSA) is 57.0 Å². The van der Waals surface area contributed by atoms with Crippen molar-refractivity contribution in [3.63, 3.8) is 0 Å². The van der Waals surface area contributed by atoms with Crippen LogP contribution in [-0.2, 0) is 0 Å². The van der Waals surface area contributed by atoms with Crippen LogP contribution < -0.4 is 0 Å². The lowest BCUT2D eigenvalue weighted by Crippen LogP contribution is -2.34. The third-order valence-electron chi connectivity index (χ3n) is 2.32. The lowest BCUT2D eigenvalue weighted by atomic mass is 10.2. The number of nitriles is 1. The number of aromatic nitrogens is 1. The highest BCUT2D eigenvalue weighted by Gasteiger charge is 2.17. The fourth-order valence-corrected chi connectivity index (χ4v) is 1.42. The van der Waals surface area contributed by atoms with E-state index in [4.69, 9.17) is 5.26 Å². The van der Waals surface area contributed by atoms with Gasteiger partial charge in [-0.3, -0.25) is 4.79 Å². The van der Waals surface area contributed by atoms with E-state index in [-0.39, 0.29) is 17.5 Å². The third-order valence-corrected chi connectivity index (χ3v) is 2.32. The second-order valence-electron chi connectivity index (χ2n) is 3.72. The van der Waals surface area contributed by atoms with Crippen LogP contribution in [0.1, 0.15) is 24.3 Å². The van der Waals surface area contributed by atoms with Crippen molar-refractivity contribution < 1.29 is 9.18 Å². The number of rotatable bonds is 4. The normalized spacial score (nSPS) is 11.6. The monoisotopic (exact) mass is 235 g/mol. The molecule has 0 aliphatic rings. The van der Waals surface area contributed by atoms with E-state index in [1.165, 1.54) is 23.1 Å². The molecule has 1 atom stereocenters. The summed E-state index contributed by atoms with van der Waals surface area (Å²) in [5.41, 5.74) is 0.0667. The zero-order valence-electron chi connectivity index (χ0n) is 9.85. The van der Waals surface area contributed by atoms with Crippen molar-refractivity contribution in [2.75, 3.05) is 13.1 Å². The van der Waals surface area contributed by atoms with E-state index < -0.39 is 5.95 Å². The molecule has 5 heteroatoms. The van der Waals surface area contributed by atoms with Gasteiger partial charge >= 0.3 is 0 Å². The zero-order chi connectivity index (χ0) is 12.8. The minimum absolute atomic E-state index is 0.0667. The van der Waals surface area contributed by atoms with Crippen LogP contribution in [0.5, 0.6) is 0 Å². The van der Waals surface area contributed by atoms with Gasteiger partial charge in [0.2, 0.25) is 5.95 Å². The van der Waals surface area contributed by atoms with Gasteiger partial charge in [0.25, 0.3) is 5.91 Å². The van der Waals surface area contributed by atoms with Crippen molar-refractivity contribution in [3.8, 4) is 6.07 Å². The number of amides is 1. The van der Waals surface area contributed by atoms with Crippen molar-refractivity contribution in [1.82, 2.24) is 9.88 Å². The van der Waals surface area contributed by atoms with Gasteiger partial charge < -0.3 is 4.90 Å². The van der Waals surface area contributed by atoms with Gasteiger partial charge in [-0.1, -0.05) is 6.07 Å². The lowest BCUT2D eigenvalue weighted by molar-refractivity contribution is 0.0745. The highest BCUT2D eigenvalue weighted by atomic mass is 19.1. The zero-order valence-corrected chi connectivity index (χ0v) is 9.85. The van der Waals surface area contributed by atoms with E-state index >= 15 is 0 Å². The summed E-state index contributed by atoms with van der Waals surface area (Å²) in [5, 5.41) is 8.71. The number of nitrogens with zero attached hydrogens (tertiary/aromatic N) is 3. The van der Waals surface area contributed by atoms with Crippen LogP contribution in [-0.4, -0.2) is 28.9 Å². The van der Waals surface area contributed by atoms with Gasteiger partial charge in [0.05, 0.1) is 12.0 Å². The Labute approximate surface area is 99.7 Å². The van der Waals surface area contributed by atoms with E-state index in [0.717, 1.165) is 0 Å². The Hall–Kier alpha value is -1.96. The van der Waals surface area contributed by atoms with Crippen molar-refractivity contribution in [1.29, 1.82) is 5.26 Å². The molecular weight excluding hydrogens is 221 g/mol. The van der Waals surface area contributed by atoms with Gasteiger partial charge in [-0.2, -0.15) is 9.65 Å². The molecule has 90 valence electrons. The molecule has 4 nitrogen and oxygen atoms in total. The van der Waals surface area contributed by atoms with Crippen LogP contribution in [0.15, 0.2) is 18.2 Å². The molecule has 0 spiro atoms. The summed E-state index contributed by atoms with van der Waals surface area (Å²) in [6.45, 7) is 4.32. The van der Waals surface area contributed by atoms with Gasteiger partial charge in [-0.25, -0.2) is 4.98 Å². The van der Waals surface area contributed by atoms with Crippen LogP contribution in [0.25, 0.3) is 0 Å². The molecule has 0 aromatic carbocycles. The fraction of sp³-hybridized carbons (Fsp3) is 0.417. The molecule has 0 bridgehead atoms. The molecule has 1 rings (SSSR count). The third kappa shape index (κ3) is 3.52. The largest absolute Gasteiger partial charge is 0.336 e. The molecule has 1 aromatic rings. The smallest absolute Gasteiger partial charge is 0.272 e. The number of carbonyl (C=O) groups is 1. The molecule has 0 aliphatic heterocycles. The molecule has 0 fully saturated rings. The molecule has 0 saturated heterocycles. The Morgan fingerprint density at radius 1 is 1.65 bits per heavy atom. The van der Waals surface area contributed by atoms with E-state index in [2.05, 4.69) is 11.1 Å². The van der Waals surface area contributed by atoms with Crippen molar-refractivity contribution in [2.24, 2.45) is 5.92 Å². The number of halogens is 1. The molecular formula is C12H14FN3O. The van der Waals surface area contributed by atoms with Crippen LogP contribution in [0.2, 0.25) is 0 Å². The summed E-state index contributed by atoms with van der Waals surface area (Å²) in [6, 6.07) is 6.15.